The predicted molar refractivity (Wildman–Crippen MR) is 84.7 cm³/mol. The second kappa shape index (κ2) is 6.86. The number of hydrogen-bond acceptors (Lipinski definition) is 2. The molecule has 0 atom stereocenters. The highest BCUT2D eigenvalue weighted by Crippen LogP contribution is 2.17. The number of hydrogen-bond donors (Lipinski definition) is 1. The monoisotopic (exact) mass is 336 g/mol. The van der Waals surface area contributed by atoms with Gasteiger partial charge in [-0.25, -0.2) is 4.39 Å². The minimum atomic E-state index is -0.210. The van der Waals surface area contributed by atoms with Crippen LogP contribution in [0.25, 0.3) is 0 Å². The second-order valence-corrected chi connectivity index (χ2v) is 5.74. The fourth-order valence-electron chi connectivity index (χ4n) is 2.12. The van der Waals surface area contributed by atoms with E-state index in [1.165, 1.54) is 11.6 Å². The third kappa shape index (κ3) is 4.32. The van der Waals surface area contributed by atoms with Crippen molar-refractivity contribution in [3.05, 3.63) is 63.9 Å². The minimum Gasteiger partial charge on any atom is -0.399 e. The summed E-state index contributed by atoms with van der Waals surface area (Å²) < 4.78 is 14.2. The summed E-state index contributed by atoms with van der Waals surface area (Å²) in [6.45, 7) is 4.55. The topological polar surface area (TPSA) is 29.3 Å². The summed E-state index contributed by atoms with van der Waals surface area (Å²) >= 11 is 3.33. The predicted octanol–water partition coefficient (Wildman–Crippen LogP) is 4.19. The molecule has 2 nitrogen and oxygen atoms in total. The third-order valence-corrected chi connectivity index (χ3v) is 3.62. The molecule has 2 N–H and O–H groups in total. The van der Waals surface area contributed by atoms with Gasteiger partial charge in [0.25, 0.3) is 0 Å². The van der Waals surface area contributed by atoms with Crippen molar-refractivity contribution in [3.8, 4) is 0 Å². The van der Waals surface area contributed by atoms with Crippen molar-refractivity contribution in [1.29, 1.82) is 0 Å². The molecule has 0 spiro atoms. The van der Waals surface area contributed by atoms with Crippen LogP contribution in [0.3, 0.4) is 0 Å². The fraction of sp³-hybridized carbons (Fsp3) is 0.250. The van der Waals surface area contributed by atoms with E-state index in [1.54, 1.807) is 6.07 Å². The SMILES string of the molecule is CCN(Cc1ccc(N)cc1)Cc1cc(F)cc(Br)c1. The molecule has 4 heteroatoms. The summed E-state index contributed by atoms with van der Waals surface area (Å²) in [6, 6.07) is 12.9. The van der Waals surface area contributed by atoms with Gasteiger partial charge < -0.3 is 5.73 Å². The van der Waals surface area contributed by atoms with Crippen LogP contribution in [-0.4, -0.2) is 11.4 Å². The number of rotatable bonds is 5. The lowest BCUT2D eigenvalue weighted by Gasteiger charge is -2.21. The van der Waals surface area contributed by atoms with E-state index < -0.39 is 0 Å². The van der Waals surface area contributed by atoms with Gasteiger partial charge in [-0.15, -0.1) is 0 Å². The molecular formula is C16H18BrFN2. The molecule has 0 unspecified atom stereocenters. The van der Waals surface area contributed by atoms with Crippen LogP contribution in [0.1, 0.15) is 18.1 Å². The minimum absolute atomic E-state index is 0.210. The van der Waals surface area contributed by atoms with Gasteiger partial charge in [0.1, 0.15) is 5.82 Å². The molecular weight excluding hydrogens is 319 g/mol. The summed E-state index contributed by atoms with van der Waals surface area (Å²) in [5, 5.41) is 0. The summed E-state index contributed by atoms with van der Waals surface area (Å²) in [7, 11) is 0. The molecule has 0 bridgehead atoms. The average molecular weight is 337 g/mol. The summed E-state index contributed by atoms with van der Waals surface area (Å²) in [5.74, 6) is -0.210. The lowest BCUT2D eigenvalue weighted by Crippen LogP contribution is -2.22. The van der Waals surface area contributed by atoms with E-state index in [1.807, 2.05) is 30.3 Å². The Hall–Kier alpha value is -1.39. The van der Waals surface area contributed by atoms with Crippen LogP contribution in [-0.2, 0) is 13.1 Å². The maximum Gasteiger partial charge on any atom is 0.124 e. The molecule has 0 aliphatic heterocycles. The van der Waals surface area contributed by atoms with E-state index >= 15 is 0 Å². The molecule has 0 saturated carbocycles. The van der Waals surface area contributed by atoms with Gasteiger partial charge >= 0.3 is 0 Å². The molecule has 0 saturated heterocycles. The molecule has 0 aliphatic rings. The molecule has 0 aromatic heterocycles. The Labute approximate surface area is 127 Å². The lowest BCUT2D eigenvalue weighted by atomic mass is 10.1. The zero-order valence-corrected chi connectivity index (χ0v) is 13.0. The van der Waals surface area contributed by atoms with Crippen LogP contribution in [0.15, 0.2) is 46.9 Å². The number of nitrogen functional groups attached to an aromatic ring is 1. The van der Waals surface area contributed by atoms with Crippen LogP contribution in [0.5, 0.6) is 0 Å². The maximum absolute atomic E-state index is 13.4. The standard InChI is InChI=1S/C16H18BrFN2/c1-2-20(10-12-3-5-16(19)6-4-12)11-13-7-14(17)9-15(18)8-13/h3-9H,2,10-11,19H2,1H3. The Morgan fingerprint density at radius 3 is 2.30 bits per heavy atom. The molecule has 106 valence electrons. The van der Waals surface area contributed by atoms with Gasteiger partial charge in [0.15, 0.2) is 0 Å². The number of anilines is 1. The van der Waals surface area contributed by atoms with Crippen LogP contribution in [0, 0.1) is 5.82 Å². The summed E-state index contributed by atoms with van der Waals surface area (Å²) in [5.41, 5.74) is 8.63. The quantitative estimate of drug-likeness (QED) is 0.829. The summed E-state index contributed by atoms with van der Waals surface area (Å²) in [6.07, 6.45) is 0. The van der Waals surface area contributed by atoms with E-state index in [4.69, 9.17) is 5.73 Å². The Bertz CT molecular complexity index is 549. The zero-order chi connectivity index (χ0) is 14.5. The highest BCUT2D eigenvalue weighted by Gasteiger charge is 2.07. The molecule has 2 aromatic carbocycles. The van der Waals surface area contributed by atoms with Gasteiger partial charge in [0, 0.05) is 23.2 Å². The van der Waals surface area contributed by atoms with Crippen molar-refractivity contribution in [1.82, 2.24) is 4.90 Å². The van der Waals surface area contributed by atoms with Crippen molar-refractivity contribution in [2.75, 3.05) is 12.3 Å². The van der Waals surface area contributed by atoms with Crippen molar-refractivity contribution < 1.29 is 4.39 Å². The van der Waals surface area contributed by atoms with Gasteiger partial charge in [0.2, 0.25) is 0 Å². The van der Waals surface area contributed by atoms with E-state index in [0.717, 1.165) is 35.4 Å². The van der Waals surface area contributed by atoms with Crippen LogP contribution in [0.4, 0.5) is 10.1 Å². The molecule has 20 heavy (non-hydrogen) atoms. The van der Waals surface area contributed by atoms with Crippen molar-refractivity contribution in [2.24, 2.45) is 0 Å². The lowest BCUT2D eigenvalue weighted by molar-refractivity contribution is 0.271. The fourth-order valence-corrected chi connectivity index (χ4v) is 2.63. The number of nitrogens with zero attached hydrogens (tertiary/aromatic N) is 1. The van der Waals surface area contributed by atoms with Crippen molar-refractivity contribution in [3.63, 3.8) is 0 Å². The number of nitrogens with two attached hydrogens (primary N) is 1. The summed E-state index contributed by atoms with van der Waals surface area (Å²) in [4.78, 5) is 2.26. The normalized spacial score (nSPS) is 11.0. The van der Waals surface area contributed by atoms with Crippen LogP contribution < -0.4 is 5.73 Å². The molecule has 0 fully saturated rings. The molecule has 0 amide bonds. The van der Waals surface area contributed by atoms with Gasteiger partial charge in [-0.1, -0.05) is 35.0 Å². The maximum atomic E-state index is 13.4. The van der Waals surface area contributed by atoms with Gasteiger partial charge in [-0.2, -0.15) is 0 Å². The largest absolute Gasteiger partial charge is 0.399 e. The van der Waals surface area contributed by atoms with Crippen LogP contribution in [0.2, 0.25) is 0 Å². The Morgan fingerprint density at radius 2 is 1.70 bits per heavy atom. The van der Waals surface area contributed by atoms with E-state index in [-0.39, 0.29) is 5.82 Å². The van der Waals surface area contributed by atoms with Crippen molar-refractivity contribution >= 4 is 21.6 Å². The first-order chi connectivity index (χ1) is 9.56. The van der Waals surface area contributed by atoms with E-state index in [2.05, 4.69) is 27.8 Å². The molecule has 2 aromatic rings. The van der Waals surface area contributed by atoms with E-state index in [0.29, 0.717) is 0 Å². The number of benzene rings is 2. The molecule has 0 heterocycles. The van der Waals surface area contributed by atoms with Crippen LogP contribution >= 0.6 is 15.9 Å². The third-order valence-electron chi connectivity index (χ3n) is 3.16. The first-order valence-electron chi connectivity index (χ1n) is 6.58. The smallest absolute Gasteiger partial charge is 0.124 e. The Kier molecular flexibility index (Phi) is 5.15. The first-order valence-corrected chi connectivity index (χ1v) is 7.38. The molecule has 0 radical (unpaired) electrons. The highest BCUT2D eigenvalue weighted by molar-refractivity contribution is 9.10. The number of halogens is 2. The highest BCUT2D eigenvalue weighted by atomic mass is 79.9. The Balaban J connectivity index is 2.06. The Morgan fingerprint density at radius 1 is 1.05 bits per heavy atom. The first kappa shape index (κ1) is 15.0. The van der Waals surface area contributed by atoms with Crippen molar-refractivity contribution in [2.45, 2.75) is 20.0 Å². The van der Waals surface area contributed by atoms with E-state index in [9.17, 15) is 4.39 Å². The molecule has 0 aliphatic carbocycles. The van der Waals surface area contributed by atoms with Gasteiger partial charge in [-0.05, 0) is 48.0 Å². The average Bonchev–Trinajstić information content (AvgIpc) is 2.39. The van der Waals surface area contributed by atoms with Gasteiger partial charge in [-0.3, -0.25) is 4.90 Å². The molecule has 2 rings (SSSR count). The van der Waals surface area contributed by atoms with Gasteiger partial charge in [0.05, 0.1) is 0 Å². The zero-order valence-electron chi connectivity index (χ0n) is 11.4. The second-order valence-electron chi connectivity index (χ2n) is 4.82.